The molecule has 0 radical (unpaired) electrons. The van der Waals surface area contributed by atoms with E-state index in [9.17, 15) is 68.1 Å². The summed E-state index contributed by atoms with van der Waals surface area (Å²) in [5.41, 5.74) is 17.5. The zero-order chi connectivity index (χ0) is 57.5. The lowest BCUT2D eigenvalue weighted by atomic mass is 9.97. The van der Waals surface area contributed by atoms with Crippen molar-refractivity contribution < 1.29 is 68.1 Å². The first-order chi connectivity index (χ1) is 36.4. The molecule has 0 aromatic heterocycles. The van der Waals surface area contributed by atoms with Crippen LogP contribution < -0.4 is 54.4 Å². The van der Waals surface area contributed by atoms with Gasteiger partial charge in [-0.2, -0.15) is 11.8 Å². The Hall–Kier alpha value is -7.32. The molecule has 0 saturated carbocycles. The van der Waals surface area contributed by atoms with E-state index in [-0.39, 0.29) is 63.7 Å². The van der Waals surface area contributed by atoms with E-state index in [2.05, 4.69) is 37.2 Å². The lowest BCUT2D eigenvalue weighted by Gasteiger charge is -2.31. The van der Waals surface area contributed by atoms with Crippen LogP contribution >= 0.6 is 11.8 Å². The highest BCUT2D eigenvalue weighted by molar-refractivity contribution is 7.98. The summed E-state index contributed by atoms with van der Waals surface area (Å²) in [5, 5.41) is 47.5. The number of carboxylic acid groups (broad SMARTS) is 1. The highest BCUT2D eigenvalue weighted by Crippen LogP contribution is 2.21. The molecule has 1 aliphatic heterocycles. The molecule has 10 amide bonds. The maximum atomic E-state index is 14.5. The van der Waals surface area contributed by atoms with Gasteiger partial charge in [0.1, 0.15) is 48.0 Å². The molecule has 0 bridgehead atoms. The van der Waals surface area contributed by atoms with E-state index < -0.39 is 131 Å². The van der Waals surface area contributed by atoms with Gasteiger partial charge in [0.05, 0.1) is 12.1 Å². The number of aliphatic hydroxyl groups excluding tert-OH is 1. The topological polar surface area (TPSA) is 414 Å². The van der Waals surface area contributed by atoms with Crippen molar-refractivity contribution in [1.82, 2.24) is 42.1 Å². The van der Waals surface area contributed by atoms with Crippen LogP contribution in [0.15, 0.2) is 54.6 Å². The number of nitrogens with zero attached hydrogens (tertiary/aromatic N) is 1. The summed E-state index contributed by atoms with van der Waals surface area (Å²) in [6.45, 7) is 6.16. The van der Waals surface area contributed by atoms with E-state index in [1.165, 1.54) is 54.8 Å². The second kappa shape index (κ2) is 31.7. The van der Waals surface area contributed by atoms with Gasteiger partial charge >= 0.3 is 5.97 Å². The summed E-state index contributed by atoms with van der Waals surface area (Å²) < 4.78 is 0. The SMILES string of the molecule is CC[C@H](C)[C@H](NC(=O)[C@@H]1CCCN1C(=O)[C@H](C)NC(=O)[C@H](CCSC)NC(=O)[C@H](Cc1ccccc1)NC(=O)[C@H](Cc1ccc(O)cc1)NC(=O)[C@H](CCC(N)=O)NC(=O)[C@@H](N)CCC(N)=O)C(=O)N[C@H](C(=O)O)[C@@H](C)O. The number of rotatable bonds is 32. The number of likely N-dealkylation sites (tertiary alicyclic amines) is 1. The quantitative estimate of drug-likeness (QED) is 0.0367. The fourth-order valence-electron chi connectivity index (χ4n) is 8.23. The van der Waals surface area contributed by atoms with Gasteiger partial charge in [-0.3, -0.25) is 47.9 Å². The van der Waals surface area contributed by atoms with Crippen LogP contribution in [0, 0.1) is 5.92 Å². The Morgan fingerprint density at radius 3 is 1.69 bits per heavy atom. The van der Waals surface area contributed by atoms with Gasteiger partial charge in [0.15, 0.2) is 6.04 Å². The molecule has 1 saturated heterocycles. The third kappa shape index (κ3) is 21.0. The number of nitrogens with two attached hydrogens (primary N) is 3. The van der Waals surface area contributed by atoms with E-state index in [0.29, 0.717) is 29.7 Å². The minimum atomic E-state index is -1.65. The summed E-state index contributed by atoms with van der Waals surface area (Å²) in [4.78, 5) is 147. The molecule has 2 aromatic rings. The molecule has 0 spiro atoms. The highest BCUT2D eigenvalue weighted by Gasteiger charge is 2.40. The number of aliphatic carboxylic acids is 1. The first kappa shape index (κ1) is 64.0. The average molecular weight is 1100 g/mol. The number of aromatic hydroxyl groups is 1. The van der Waals surface area contributed by atoms with Gasteiger partial charge in [-0.15, -0.1) is 0 Å². The second-order valence-electron chi connectivity index (χ2n) is 19.1. The van der Waals surface area contributed by atoms with Crippen molar-refractivity contribution in [3.05, 3.63) is 65.7 Å². The van der Waals surface area contributed by atoms with E-state index >= 15 is 0 Å². The Kier molecular flexibility index (Phi) is 26.3. The van der Waals surface area contributed by atoms with Crippen LogP contribution in [0.2, 0.25) is 0 Å². The van der Waals surface area contributed by atoms with Crippen LogP contribution in [-0.2, 0) is 65.6 Å². The number of benzene rings is 2. The van der Waals surface area contributed by atoms with E-state index in [4.69, 9.17) is 17.2 Å². The second-order valence-corrected chi connectivity index (χ2v) is 20.0. The molecule has 77 heavy (non-hydrogen) atoms. The molecule has 2 aromatic carbocycles. The van der Waals surface area contributed by atoms with Crippen LogP contribution in [0.5, 0.6) is 5.75 Å². The van der Waals surface area contributed by atoms with E-state index in [0.717, 1.165) is 0 Å². The molecule has 3 rings (SSSR count). The number of carbonyl (C=O) groups excluding carboxylic acids is 10. The average Bonchev–Trinajstić information content (AvgIpc) is 3.88. The largest absolute Gasteiger partial charge is 0.508 e. The fraction of sp³-hybridized carbons (Fsp3) is 0.549. The standard InChI is InChI=1S/C51H75N11O14S/c1-6-27(2)41(49(73)61-42(29(4)63)51(75)76)60-48(72)38-13-10-23-62(38)50(74)28(3)55-44(68)35(22-24-77-5)57-46(70)36(25-30-11-8-7-9-12-30)59-47(71)37(26-31-14-16-32(64)17-15-31)58-45(69)34(19-21-40(54)66)56-43(67)33(52)18-20-39(53)65/h7-9,11-12,14-17,27-29,33-38,41-42,63-64H,6,10,13,18-26,52H2,1-5H3,(H2,53,65)(H2,54,66)(H,55,68)(H,56,67)(H,57,70)(H,58,69)(H,59,71)(H,60,72)(H,61,73)(H,75,76)/t27-,28-,29+,33-,34-,35-,36-,37-,38-,41-,42-/m0/s1. The number of nitrogens with one attached hydrogen (secondary N) is 7. The minimum absolute atomic E-state index is 0.0569. The normalized spacial score (nSPS) is 17.0. The lowest BCUT2D eigenvalue weighted by molar-refractivity contribution is -0.146. The van der Waals surface area contributed by atoms with Crippen molar-refractivity contribution in [3.63, 3.8) is 0 Å². The van der Waals surface area contributed by atoms with Crippen molar-refractivity contribution in [3.8, 4) is 5.75 Å². The first-order valence-corrected chi connectivity index (χ1v) is 26.7. The maximum absolute atomic E-state index is 14.5. The van der Waals surface area contributed by atoms with Crippen molar-refractivity contribution in [2.24, 2.45) is 23.1 Å². The molecule has 1 fully saturated rings. The van der Waals surface area contributed by atoms with Gasteiger partial charge in [-0.25, -0.2) is 4.79 Å². The summed E-state index contributed by atoms with van der Waals surface area (Å²) in [6.07, 6.45) is -0.0314. The van der Waals surface area contributed by atoms with E-state index in [1.807, 2.05) is 0 Å². The van der Waals surface area contributed by atoms with Gasteiger partial charge in [0.25, 0.3) is 0 Å². The molecule has 16 N–H and O–H groups in total. The lowest BCUT2D eigenvalue weighted by Crippen LogP contribution is -2.61. The zero-order valence-corrected chi connectivity index (χ0v) is 44.8. The maximum Gasteiger partial charge on any atom is 0.328 e. The molecule has 0 aliphatic carbocycles. The number of carbonyl (C=O) groups is 11. The third-order valence-corrected chi connectivity index (χ3v) is 13.6. The van der Waals surface area contributed by atoms with Crippen molar-refractivity contribution >= 4 is 76.8 Å². The predicted octanol–water partition coefficient (Wildman–Crippen LogP) is -2.30. The molecular formula is C51H75N11O14S. The predicted molar refractivity (Wildman–Crippen MR) is 282 cm³/mol. The minimum Gasteiger partial charge on any atom is -0.508 e. The van der Waals surface area contributed by atoms with Gasteiger partial charge in [-0.05, 0) is 87.1 Å². The van der Waals surface area contributed by atoms with Crippen molar-refractivity contribution in [2.75, 3.05) is 18.6 Å². The number of aliphatic hydroxyl groups is 1. The summed E-state index contributed by atoms with van der Waals surface area (Å²) >= 11 is 1.36. The first-order valence-electron chi connectivity index (χ1n) is 25.3. The van der Waals surface area contributed by atoms with Gasteiger partial charge in [-0.1, -0.05) is 62.7 Å². The van der Waals surface area contributed by atoms with E-state index in [1.54, 1.807) is 50.4 Å². The monoisotopic (exact) mass is 1100 g/mol. The molecule has 0 unspecified atom stereocenters. The molecular weight excluding hydrogens is 1020 g/mol. The number of carboxylic acids is 1. The van der Waals surface area contributed by atoms with Crippen LogP contribution in [0.25, 0.3) is 0 Å². The number of phenolic OH excluding ortho intramolecular Hbond substituents is 1. The highest BCUT2D eigenvalue weighted by atomic mass is 32.2. The molecule has 26 heteroatoms. The third-order valence-electron chi connectivity index (χ3n) is 12.9. The smallest absolute Gasteiger partial charge is 0.328 e. The summed E-state index contributed by atoms with van der Waals surface area (Å²) in [6, 6.07) is 2.14. The van der Waals surface area contributed by atoms with Crippen LogP contribution in [0.3, 0.4) is 0 Å². The van der Waals surface area contributed by atoms with Gasteiger partial charge in [0.2, 0.25) is 59.1 Å². The molecule has 11 atom stereocenters. The van der Waals surface area contributed by atoms with Crippen LogP contribution in [0.1, 0.15) is 90.2 Å². The summed E-state index contributed by atoms with van der Waals surface area (Å²) in [7, 11) is 0. The van der Waals surface area contributed by atoms with Crippen LogP contribution in [0.4, 0.5) is 0 Å². The van der Waals surface area contributed by atoms with Crippen LogP contribution in [-0.4, -0.2) is 164 Å². The Labute approximate surface area is 451 Å². The molecule has 25 nitrogen and oxygen atoms in total. The number of amides is 10. The van der Waals surface area contributed by atoms with Gasteiger partial charge < -0.3 is 74.6 Å². The number of phenols is 1. The Morgan fingerprint density at radius 2 is 1.16 bits per heavy atom. The molecule has 1 aliphatic rings. The summed E-state index contributed by atoms with van der Waals surface area (Å²) in [5.74, 6) is -9.69. The molecule has 424 valence electrons. The number of hydrogen-bond acceptors (Lipinski definition) is 15. The number of hydrogen-bond donors (Lipinski definition) is 13. The number of thioether (sulfide) groups is 1. The van der Waals surface area contributed by atoms with Crippen molar-refractivity contribution in [1.29, 1.82) is 0 Å². The Bertz CT molecular complexity index is 2380. The van der Waals surface area contributed by atoms with Gasteiger partial charge in [0, 0.05) is 32.2 Å². The Balaban J connectivity index is 1.89. The van der Waals surface area contributed by atoms with Crippen molar-refractivity contribution in [2.45, 2.75) is 152 Å². The Morgan fingerprint density at radius 1 is 0.649 bits per heavy atom. The molecule has 1 heterocycles. The number of primary amides is 2. The fourth-order valence-corrected chi connectivity index (χ4v) is 8.70. The zero-order valence-electron chi connectivity index (χ0n) is 44.0.